The second-order valence-electron chi connectivity index (χ2n) is 7.75. The van der Waals surface area contributed by atoms with E-state index in [1.807, 2.05) is 9.80 Å². The molecule has 0 spiro atoms. The minimum absolute atomic E-state index is 0.0402. The number of hydrogen-bond acceptors (Lipinski definition) is 5. The largest absolute Gasteiger partial charge is 0.417 e. The summed E-state index contributed by atoms with van der Waals surface area (Å²) in [6.07, 6.45) is 0.0824. The van der Waals surface area contributed by atoms with E-state index >= 15 is 0 Å². The fourth-order valence-electron chi connectivity index (χ4n) is 4.43. The number of pyridine rings is 1. The van der Waals surface area contributed by atoms with Gasteiger partial charge in [-0.05, 0) is 25.0 Å². The number of likely N-dealkylation sites (tertiary alicyclic amines) is 1. The molecule has 1 aromatic rings. The van der Waals surface area contributed by atoms with Crippen molar-refractivity contribution in [2.45, 2.75) is 31.9 Å². The monoisotopic (exact) mass is 396 g/mol. The van der Waals surface area contributed by atoms with Gasteiger partial charge in [0.25, 0.3) is 0 Å². The summed E-state index contributed by atoms with van der Waals surface area (Å²) in [5.74, 6) is 0.146. The quantitative estimate of drug-likeness (QED) is 0.735. The molecule has 2 atom stereocenters. The van der Waals surface area contributed by atoms with Crippen molar-refractivity contribution in [3.63, 3.8) is 0 Å². The number of rotatable bonds is 3. The third-order valence-electron chi connectivity index (χ3n) is 6.05. The molecule has 4 rings (SSSR count). The molecular formula is C19H23F3N4O2. The third kappa shape index (κ3) is 3.59. The Morgan fingerprint density at radius 2 is 1.57 bits per heavy atom. The lowest BCUT2D eigenvalue weighted by Crippen LogP contribution is -2.51. The van der Waals surface area contributed by atoms with Crippen LogP contribution in [0.5, 0.6) is 0 Å². The Kier molecular flexibility index (Phi) is 5.03. The summed E-state index contributed by atoms with van der Waals surface area (Å²) in [5.41, 5.74) is -0.762. The predicted molar refractivity (Wildman–Crippen MR) is 95.2 cm³/mol. The number of carbonyl (C=O) groups excluding carboxylic acids is 2. The molecule has 1 saturated carbocycles. The molecule has 6 nitrogen and oxygen atoms in total. The summed E-state index contributed by atoms with van der Waals surface area (Å²) in [5, 5.41) is 0. The molecule has 0 aromatic carbocycles. The predicted octanol–water partition coefficient (Wildman–Crippen LogP) is 2.36. The average molecular weight is 396 g/mol. The summed E-state index contributed by atoms with van der Waals surface area (Å²) >= 11 is 0. The second kappa shape index (κ2) is 7.35. The first-order valence-corrected chi connectivity index (χ1v) is 9.70. The molecule has 28 heavy (non-hydrogen) atoms. The number of amides is 2. The zero-order valence-electron chi connectivity index (χ0n) is 15.5. The van der Waals surface area contributed by atoms with E-state index in [-0.39, 0.29) is 23.7 Å². The lowest BCUT2D eigenvalue weighted by atomic mass is 9.81. The lowest BCUT2D eigenvalue weighted by Gasteiger charge is -2.36. The van der Waals surface area contributed by atoms with E-state index in [1.165, 1.54) is 11.0 Å². The van der Waals surface area contributed by atoms with Crippen LogP contribution in [0.3, 0.4) is 0 Å². The first kappa shape index (κ1) is 19.2. The minimum Gasteiger partial charge on any atom is -0.354 e. The van der Waals surface area contributed by atoms with Crippen molar-refractivity contribution >= 4 is 17.6 Å². The number of imide groups is 1. The van der Waals surface area contributed by atoms with E-state index in [9.17, 15) is 22.8 Å². The Hall–Kier alpha value is -2.16. The topological polar surface area (TPSA) is 56.8 Å². The van der Waals surface area contributed by atoms with Gasteiger partial charge in [0.2, 0.25) is 11.8 Å². The van der Waals surface area contributed by atoms with E-state index in [4.69, 9.17) is 0 Å². The highest BCUT2D eigenvalue weighted by molar-refractivity contribution is 6.05. The molecular weight excluding hydrogens is 373 g/mol. The number of carbonyl (C=O) groups is 2. The summed E-state index contributed by atoms with van der Waals surface area (Å²) in [6, 6.07) is 2.43. The molecule has 3 fully saturated rings. The van der Waals surface area contributed by atoms with Crippen LogP contribution in [0.2, 0.25) is 0 Å². The fraction of sp³-hybridized carbons (Fsp3) is 0.632. The molecule has 1 aromatic heterocycles. The zero-order valence-corrected chi connectivity index (χ0v) is 15.5. The molecule has 2 saturated heterocycles. The van der Waals surface area contributed by atoms with Gasteiger partial charge in [0.15, 0.2) is 0 Å². The Balaban J connectivity index is 1.33. The number of alkyl halides is 3. The Morgan fingerprint density at radius 3 is 2.07 bits per heavy atom. The van der Waals surface area contributed by atoms with Crippen molar-refractivity contribution in [2.75, 3.05) is 37.7 Å². The number of nitrogens with zero attached hydrogens (tertiary/aromatic N) is 4. The first-order valence-electron chi connectivity index (χ1n) is 9.70. The maximum atomic E-state index is 12.7. The van der Waals surface area contributed by atoms with Gasteiger partial charge in [0.1, 0.15) is 5.82 Å². The Morgan fingerprint density at radius 1 is 0.964 bits per heavy atom. The molecule has 0 radical (unpaired) electrons. The van der Waals surface area contributed by atoms with Crippen molar-refractivity contribution in [1.29, 1.82) is 0 Å². The Labute approximate surface area is 161 Å². The van der Waals surface area contributed by atoms with Crippen LogP contribution in [-0.4, -0.2) is 59.4 Å². The van der Waals surface area contributed by atoms with Gasteiger partial charge in [-0.25, -0.2) is 4.98 Å². The normalized spacial score (nSPS) is 26.7. The van der Waals surface area contributed by atoms with Gasteiger partial charge in [-0.15, -0.1) is 0 Å². The Bertz CT molecular complexity index is 721. The van der Waals surface area contributed by atoms with Gasteiger partial charge in [-0.2, -0.15) is 13.2 Å². The van der Waals surface area contributed by atoms with Crippen molar-refractivity contribution < 1.29 is 22.8 Å². The minimum atomic E-state index is -4.39. The van der Waals surface area contributed by atoms with Crippen molar-refractivity contribution in [3.05, 3.63) is 23.9 Å². The van der Waals surface area contributed by atoms with Gasteiger partial charge in [-0.3, -0.25) is 19.4 Å². The zero-order chi connectivity index (χ0) is 19.9. The highest BCUT2D eigenvalue weighted by Gasteiger charge is 2.48. The molecule has 2 aliphatic heterocycles. The van der Waals surface area contributed by atoms with Crippen molar-refractivity contribution in [1.82, 2.24) is 14.8 Å². The van der Waals surface area contributed by atoms with Crippen LogP contribution in [-0.2, 0) is 15.8 Å². The maximum absolute atomic E-state index is 12.7. The van der Waals surface area contributed by atoms with E-state index in [0.29, 0.717) is 38.7 Å². The van der Waals surface area contributed by atoms with Crippen LogP contribution in [0.1, 0.15) is 31.2 Å². The molecule has 9 heteroatoms. The molecule has 1 aliphatic carbocycles. The van der Waals surface area contributed by atoms with Gasteiger partial charge >= 0.3 is 6.18 Å². The van der Waals surface area contributed by atoms with Crippen molar-refractivity contribution in [2.24, 2.45) is 11.8 Å². The highest BCUT2D eigenvalue weighted by atomic mass is 19.4. The van der Waals surface area contributed by atoms with Gasteiger partial charge in [-0.1, -0.05) is 12.8 Å². The number of halogens is 3. The number of anilines is 1. The smallest absolute Gasteiger partial charge is 0.354 e. The van der Waals surface area contributed by atoms with E-state index in [0.717, 1.165) is 37.9 Å². The van der Waals surface area contributed by atoms with Crippen LogP contribution in [0.25, 0.3) is 0 Å². The van der Waals surface area contributed by atoms with Crippen LogP contribution in [0, 0.1) is 11.8 Å². The molecule has 0 N–H and O–H groups in total. The number of fused-ring (bicyclic) bond motifs is 1. The van der Waals surface area contributed by atoms with E-state index < -0.39 is 11.7 Å². The number of hydrogen-bond donors (Lipinski definition) is 0. The SMILES string of the molecule is O=C1[C@H]2CCCC[C@@H]2C(=O)N1CN1CCN(c2ccc(C(F)(F)F)cn2)CC1. The standard InChI is InChI=1S/C19H23F3N4O2/c20-19(21,22)13-5-6-16(23-11-13)25-9-7-24(8-10-25)12-26-17(27)14-3-1-2-4-15(14)18(26)28/h5-6,11,14-15H,1-4,7-10,12H2/t14-,15-/m0/s1. The van der Waals surface area contributed by atoms with Crippen LogP contribution >= 0.6 is 0 Å². The average Bonchev–Trinajstić information content (AvgIpc) is 2.93. The van der Waals surface area contributed by atoms with Crippen LogP contribution < -0.4 is 4.90 Å². The third-order valence-corrected chi connectivity index (χ3v) is 6.05. The first-order chi connectivity index (χ1) is 13.3. The van der Waals surface area contributed by atoms with Crippen LogP contribution in [0.15, 0.2) is 18.3 Å². The maximum Gasteiger partial charge on any atom is 0.417 e. The molecule has 3 heterocycles. The molecule has 0 unspecified atom stereocenters. The number of aromatic nitrogens is 1. The summed E-state index contributed by atoms with van der Waals surface area (Å²) in [7, 11) is 0. The molecule has 3 aliphatic rings. The number of piperazine rings is 1. The highest BCUT2D eigenvalue weighted by Crippen LogP contribution is 2.38. The molecule has 2 amide bonds. The van der Waals surface area contributed by atoms with Gasteiger partial charge < -0.3 is 4.90 Å². The lowest BCUT2D eigenvalue weighted by molar-refractivity contribution is -0.142. The van der Waals surface area contributed by atoms with Crippen molar-refractivity contribution in [3.8, 4) is 0 Å². The summed E-state index contributed by atoms with van der Waals surface area (Å²) < 4.78 is 38.0. The summed E-state index contributed by atoms with van der Waals surface area (Å²) in [6.45, 7) is 2.71. The van der Waals surface area contributed by atoms with E-state index in [1.54, 1.807) is 0 Å². The second-order valence-corrected chi connectivity index (χ2v) is 7.75. The van der Waals surface area contributed by atoms with Gasteiger partial charge in [0, 0.05) is 32.4 Å². The summed E-state index contributed by atoms with van der Waals surface area (Å²) in [4.78, 5) is 34.5. The molecule has 0 bridgehead atoms. The fourth-order valence-corrected chi connectivity index (χ4v) is 4.43. The van der Waals surface area contributed by atoms with Crippen LogP contribution in [0.4, 0.5) is 19.0 Å². The van der Waals surface area contributed by atoms with E-state index in [2.05, 4.69) is 4.98 Å². The molecule has 152 valence electrons. The van der Waals surface area contributed by atoms with Gasteiger partial charge in [0.05, 0.1) is 24.1 Å².